The Hall–Kier alpha value is -1.30. The molecule has 0 aliphatic heterocycles. The molecule has 0 fully saturated rings. The largest absolute Gasteiger partial charge is 0.287 e. The van der Waals surface area contributed by atoms with E-state index in [9.17, 15) is 4.79 Å². The Morgan fingerprint density at radius 1 is 1.19 bits per heavy atom. The summed E-state index contributed by atoms with van der Waals surface area (Å²) in [5.74, 6) is 0.104. The number of aromatic nitrogens is 2. The SMILES string of the molecule is O=C(C[n+]1ccncc1)c1ccc(I)cc1. The van der Waals surface area contributed by atoms with Crippen molar-refractivity contribution in [1.82, 2.24) is 4.98 Å². The van der Waals surface area contributed by atoms with Crippen molar-refractivity contribution in [2.75, 3.05) is 0 Å². The fourth-order valence-electron chi connectivity index (χ4n) is 1.35. The molecule has 0 spiro atoms. The topological polar surface area (TPSA) is 33.8 Å². The first-order valence-corrected chi connectivity index (χ1v) is 5.91. The molecule has 0 radical (unpaired) electrons. The number of Topliss-reactive ketones (excluding diaryl/α,β-unsaturated/α-hetero) is 1. The fraction of sp³-hybridized carbons (Fsp3) is 0.0833. The van der Waals surface area contributed by atoms with E-state index in [-0.39, 0.29) is 5.78 Å². The van der Waals surface area contributed by atoms with Crippen LogP contribution in [0.5, 0.6) is 0 Å². The Balaban J connectivity index is 2.12. The Morgan fingerprint density at radius 2 is 1.81 bits per heavy atom. The number of rotatable bonds is 3. The molecule has 1 aromatic carbocycles. The minimum atomic E-state index is 0.104. The van der Waals surface area contributed by atoms with E-state index in [1.807, 2.05) is 28.8 Å². The van der Waals surface area contributed by atoms with Crippen molar-refractivity contribution in [2.45, 2.75) is 6.54 Å². The quantitative estimate of drug-likeness (QED) is 0.490. The van der Waals surface area contributed by atoms with Crippen LogP contribution in [0.3, 0.4) is 0 Å². The van der Waals surface area contributed by atoms with E-state index in [2.05, 4.69) is 27.6 Å². The van der Waals surface area contributed by atoms with E-state index >= 15 is 0 Å². The maximum absolute atomic E-state index is 11.9. The van der Waals surface area contributed by atoms with Crippen molar-refractivity contribution in [2.24, 2.45) is 0 Å². The summed E-state index contributed by atoms with van der Waals surface area (Å²) in [5.41, 5.74) is 0.740. The molecule has 0 aliphatic rings. The van der Waals surface area contributed by atoms with Crippen LogP contribution < -0.4 is 4.57 Å². The first kappa shape index (κ1) is 11.2. The Morgan fingerprint density at radius 3 is 2.44 bits per heavy atom. The van der Waals surface area contributed by atoms with Gasteiger partial charge in [0, 0.05) is 9.13 Å². The van der Waals surface area contributed by atoms with E-state index in [1.54, 1.807) is 24.8 Å². The van der Waals surface area contributed by atoms with Crippen molar-refractivity contribution >= 4 is 28.4 Å². The Kier molecular flexibility index (Phi) is 3.61. The van der Waals surface area contributed by atoms with Crippen molar-refractivity contribution in [3.8, 4) is 0 Å². The van der Waals surface area contributed by atoms with Crippen LogP contribution in [-0.2, 0) is 6.54 Å². The third-order valence-corrected chi connectivity index (χ3v) is 2.90. The summed E-state index contributed by atoms with van der Waals surface area (Å²) in [6.07, 6.45) is 6.90. The number of benzene rings is 1. The van der Waals surface area contributed by atoms with Gasteiger partial charge in [0.25, 0.3) is 0 Å². The first-order chi connectivity index (χ1) is 7.75. The van der Waals surface area contributed by atoms with Gasteiger partial charge in [0.15, 0.2) is 12.4 Å². The van der Waals surface area contributed by atoms with Gasteiger partial charge >= 0.3 is 0 Å². The van der Waals surface area contributed by atoms with Gasteiger partial charge in [-0.1, -0.05) is 12.1 Å². The van der Waals surface area contributed by atoms with Gasteiger partial charge in [-0.05, 0) is 34.7 Å². The summed E-state index contributed by atoms with van der Waals surface area (Å²) in [6.45, 7) is 0.350. The monoisotopic (exact) mass is 325 g/mol. The standard InChI is InChI=1S/C12H10IN2O/c13-11-3-1-10(2-4-11)12(16)9-15-7-5-14-6-8-15/h1-8H,9H2/q+1. The molecule has 1 heterocycles. The molecule has 0 atom stereocenters. The van der Waals surface area contributed by atoms with Crippen LogP contribution in [0.25, 0.3) is 0 Å². The fourth-order valence-corrected chi connectivity index (χ4v) is 1.71. The van der Waals surface area contributed by atoms with E-state index in [0.29, 0.717) is 6.54 Å². The molecule has 0 N–H and O–H groups in total. The van der Waals surface area contributed by atoms with Gasteiger partial charge in [-0.25, -0.2) is 0 Å². The van der Waals surface area contributed by atoms with E-state index < -0.39 is 0 Å². The lowest BCUT2D eigenvalue weighted by Gasteiger charge is -1.98. The van der Waals surface area contributed by atoms with Gasteiger partial charge in [0.1, 0.15) is 0 Å². The molecular formula is C12H10IN2O+. The highest BCUT2D eigenvalue weighted by Gasteiger charge is 2.10. The molecule has 0 saturated carbocycles. The van der Waals surface area contributed by atoms with Gasteiger partial charge in [0.05, 0.1) is 12.4 Å². The highest BCUT2D eigenvalue weighted by atomic mass is 127. The van der Waals surface area contributed by atoms with Crippen LogP contribution in [0.2, 0.25) is 0 Å². The van der Waals surface area contributed by atoms with E-state index in [4.69, 9.17) is 0 Å². The lowest BCUT2D eigenvalue weighted by Crippen LogP contribution is -2.37. The number of halogens is 1. The molecule has 2 rings (SSSR count). The van der Waals surface area contributed by atoms with Crippen molar-refractivity contribution in [1.29, 1.82) is 0 Å². The predicted molar refractivity (Wildman–Crippen MR) is 67.9 cm³/mol. The van der Waals surface area contributed by atoms with Crippen LogP contribution in [0.1, 0.15) is 10.4 Å². The molecule has 0 bridgehead atoms. The lowest BCUT2D eigenvalue weighted by molar-refractivity contribution is -0.683. The third-order valence-electron chi connectivity index (χ3n) is 2.18. The second-order valence-electron chi connectivity index (χ2n) is 3.35. The summed E-state index contributed by atoms with van der Waals surface area (Å²) in [4.78, 5) is 15.8. The smallest absolute Gasteiger partial charge is 0.227 e. The van der Waals surface area contributed by atoms with Crippen LogP contribution in [0.4, 0.5) is 0 Å². The highest BCUT2D eigenvalue weighted by molar-refractivity contribution is 14.1. The van der Waals surface area contributed by atoms with Crippen LogP contribution in [0, 0.1) is 3.57 Å². The molecule has 0 saturated heterocycles. The molecule has 3 nitrogen and oxygen atoms in total. The average molecular weight is 325 g/mol. The molecule has 16 heavy (non-hydrogen) atoms. The van der Waals surface area contributed by atoms with Crippen molar-refractivity contribution < 1.29 is 9.36 Å². The molecule has 80 valence electrons. The molecule has 0 unspecified atom stereocenters. The number of carbonyl (C=O) groups excluding carboxylic acids is 1. The highest BCUT2D eigenvalue weighted by Crippen LogP contribution is 2.07. The van der Waals surface area contributed by atoms with Crippen LogP contribution >= 0.6 is 22.6 Å². The molecule has 1 aromatic heterocycles. The normalized spacial score (nSPS) is 10.1. The van der Waals surface area contributed by atoms with Crippen molar-refractivity contribution in [3.05, 3.63) is 58.2 Å². The molecule has 0 amide bonds. The minimum Gasteiger partial charge on any atom is -0.287 e. The first-order valence-electron chi connectivity index (χ1n) is 4.83. The zero-order valence-corrected chi connectivity index (χ0v) is 10.7. The minimum absolute atomic E-state index is 0.104. The second kappa shape index (κ2) is 5.16. The van der Waals surface area contributed by atoms with Crippen molar-refractivity contribution in [3.63, 3.8) is 0 Å². The van der Waals surface area contributed by atoms with Gasteiger partial charge < -0.3 is 0 Å². The predicted octanol–water partition coefficient (Wildman–Crippen LogP) is 1.86. The van der Waals surface area contributed by atoms with Crippen LogP contribution in [-0.4, -0.2) is 10.8 Å². The summed E-state index contributed by atoms with van der Waals surface area (Å²) >= 11 is 2.22. The third kappa shape index (κ3) is 2.85. The van der Waals surface area contributed by atoms with E-state index in [1.165, 1.54) is 0 Å². The second-order valence-corrected chi connectivity index (χ2v) is 4.59. The van der Waals surface area contributed by atoms with Crippen LogP contribution in [0.15, 0.2) is 49.1 Å². The Labute approximate surface area is 107 Å². The van der Waals surface area contributed by atoms with Gasteiger partial charge in [-0.2, -0.15) is 4.57 Å². The van der Waals surface area contributed by atoms with E-state index in [0.717, 1.165) is 9.13 Å². The maximum Gasteiger partial charge on any atom is 0.227 e. The van der Waals surface area contributed by atoms with Gasteiger partial charge in [-0.3, -0.25) is 9.78 Å². The zero-order valence-electron chi connectivity index (χ0n) is 8.51. The molecule has 2 aromatic rings. The summed E-state index contributed by atoms with van der Waals surface area (Å²) < 4.78 is 2.94. The maximum atomic E-state index is 11.9. The lowest BCUT2D eigenvalue weighted by atomic mass is 10.1. The number of hydrogen-bond acceptors (Lipinski definition) is 2. The zero-order chi connectivity index (χ0) is 11.4. The van der Waals surface area contributed by atoms with Gasteiger partial charge in [-0.15, -0.1) is 0 Å². The van der Waals surface area contributed by atoms with Gasteiger partial charge in [0.2, 0.25) is 12.3 Å². The molecule has 0 aliphatic carbocycles. The number of carbonyl (C=O) groups is 1. The summed E-state index contributed by atoms with van der Waals surface area (Å²) in [7, 11) is 0. The average Bonchev–Trinajstić information content (AvgIpc) is 2.31. The molecule has 4 heteroatoms. The summed E-state index contributed by atoms with van der Waals surface area (Å²) in [6, 6.07) is 7.58. The number of hydrogen-bond donors (Lipinski definition) is 0. The summed E-state index contributed by atoms with van der Waals surface area (Å²) in [5, 5.41) is 0. The number of nitrogens with zero attached hydrogens (tertiary/aromatic N) is 2. The number of ketones is 1. The molecular weight excluding hydrogens is 315 g/mol. The Bertz CT molecular complexity index is 482.